The zero-order valence-electron chi connectivity index (χ0n) is 49.7. The monoisotopic (exact) mass is 1070 g/mol. The molecule has 8 nitrogen and oxygen atoms in total. The average Bonchev–Trinajstić information content (AvgIpc) is 3.37. The van der Waals surface area contributed by atoms with Gasteiger partial charge in [0.15, 0.2) is 0 Å². The fourth-order valence-electron chi connectivity index (χ4n) is 9.02. The Kier molecular flexibility index (Phi) is 54.7. The molecule has 0 radical (unpaired) electrons. The van der Waals surface area contributed by atoms with Crippen LogP contribution in [-0.2, 0) is 18.4 Å². The minimum absolute atomic E-state index is 0.00771. The fourth-order valence-corrected chi connectivity index (χ4v) is 9.75. The largest absolute Gasteiger partial charge is 0.756 e. The zero-order valence-corrected chi connectivity index (χ0v) is 50.6. The summed E-state index contributed by atoms with van der Waals surface area (Å²) in [7, 11) is 1.30. The van der Waals surface area contributed by atoms with Crippen molar-refractivity contribution >= 4 is 13.7 Å². The van der Waals surface area contributed by atoms with Crippen molar-refractivity contribution in [1.82, 2.24) is 5.32 Å². The maximum Gasteiger partial charge on any atom is 0.268 e. The topological polar surface area (TPSA) is 108 Å². The highest BCUT2D eigenvalue weighted by Crippen LogP contribution is 2.38. The van der Waals surface area contributed by atoms with E-state index < -0.39 is 20.0 Å². The van der Waals surface area contributed by atoms with Crippen molar-refractivity contribution in [3.05, 3.63) is 85.1 Å². The Morgan fingerprint density at radius 2 is 0.813 bits per heavy atom. The van der Waals surface area contributed by atoms with Gasteiger partial charge >= 0.3 is 0 Å². The van der Waals surface area contributed by atoms with Crippen molar-refractivity contribution < 1.29 is 32.9 Å². The molecule has 0 rings (SSSR count). The first-order valence-electron chi connectivity index (χ1n) is 31.4. The molecule has 3 unspecified atom stereocenters. The van der Waals surface area contributed by atoms with Gasteiger partial charge in [-0.2, -0.15) is 0 Å². The van der Waals surface area contributed by atoms with E-state index in [9.17, 15) is 19.4 Å². The predicted molar refractivity (Wildman–Crippen MR) is 325 cm³/mol. The molecule has 0 saturated carbocycles. The predicted octanol–water partition coefficient (Wildman–Crippen LogP) is 19.0. The smallest absolute Gasteiger partial charge is 0.268 e. The van der Waals surface area contributed by atoms with E-state index in [1.165, 1.54) is 161 Å². The third-order valence-electron chi connectivity index (χ3n) is 13.9. The Hall–Kier alpha value is -2.32. The van der Waals surface area contributed by atoms with E-state index in [0.717, 1.165) is 89.9 Å². The Morgan fingerprint density at radius 1 is 0.480 bits per heavy atom. The molecule has 0 aliphatic heterocycles. The van der Waals surface area contributed by atoms with Crippen molar-refractivity contribution in [2.45, 2.75) is 289 Å². The van der Waals surface area contributed by atoms with E-state index in [0.29, 0.717) is 23.9 Å². The lowest BCUT2D eigenvalue weighted by Gasteiger charge is -2.30. The molecule has 1 amide bonds. The van der Waals surface area contributed by atoms with E-state index >= 15 is 0 Å². The van der Waals surface area contributed by atoms with Crippen molar-refractivity contribution in [3.8, 4) is 0 Å². The third kappa shape index (κ3) is 59.2. The molecule has 75 heavy (non-hydrogen) atoms. The molecule has 0 aromatic carbocycles. The lowest BCUT2D eigenvalue weighted by atomic mass is 10.0. The van der Waals surface area contributed by atoms with Gasteiger partial charge in [-0.3, -0.25) is 9.36 Å². The van der Waals surface area contributed by atoms with Crippen LogP contribution in [0, 0.1) is 0 Å². The first-order valence-corrected chi connectivity index (χ1v) is 32.9. The Balaban J connectivity index is 4.15. The average molecular weight is 1070 g/mol. The molecule has 0 fully saturated rings. The molecule has 9 heteroatoms. The van der Waals surface area contributed by atoms with Gasteiger partial charge in [0.2, 0.25) is 5.91 Å². The molecule has 0 bridgehead atoms. The number of aliphatic hydroxyl groups excluding tert-OH is 1. The first kappa shape index (κ1) is 72.7. The number of allylic oxidation sites excluding steroid dienone is 14. The number of phosphoric ester groups is 1. The molecule has 0 aliphatic rings. The molecular formula is C66H121N2O6P. The Bertz CT molecular complexity index is 1500. The number of hydrogen-bond donors (Lipinski definition) is 2. The van der Waals surface area contributed by atoms with Crippen molar-refractivity contribution in [3.63, 3.8) is 0 Å². The first-order chi connectivity index (χ1) is 36.5. The van der Waals surface area contributed by atoms with Crippen LogP contribution in [0.15, 0.2) is 85.1 Å². The molecule has 436 valence electrons. The number of rotatable bonds is 57. The Labute approximate surface area is 465 Å². The second-order valence-corrected chi connectivity index (χ2v) is 23.8. The van der Waals surface area contributed by atoms with Crippen LogP contribution in [0.4, 0.5) is 0 Å². The van der Waals surface area contributed by atoms with Crippen molar-refractivity contribution in [2.24, 2.45) is 0 Å². The number of nitrogens with one attached hydrogen (secondary N) is 1. The number of quaternary nitrogens is 1. The van der Waals surface area contributed by atoms with Gasteiger partial charge in [0.25, 0.3) is 7.82 Å². The third-order valence-corrected chi connectivity index (χ3v) is 14.9. The standard InChI is InChI=1S/C66H121N2O6P/c1-6-8-10-12-14-16-18-20-22-24-26-28-30-31-32-33-34-35-36-37-38-40-42-44-46-48-50-52-54-56-58-60-66(70)67-64(63-74-75(71,72)73-62-61-68(3,4)5)65(69)59-57-55-53-51-49-47-45-43-41-39-29-27-25-23-21-19-17-15-13-11-9-7-2/h8,10,14,16,20,22,26,28,31-32,34-35,37-38,64-65,69H,6-7,9,11-13,15,17-19,21,23-25,27,29-30,33,36,39-63H2,1-5H3,(H-,67,70,71,72)/b10-8-,16-14-,22-20-,28-26-,32-31-,35-34-,38-37-. The van der Waals surface area contributed by atoms with Gasteiger partial charge in [0.1, 0.15) is 13.2 Å². The van der Waals surface area contributed by atoms with Crippen molar-refractivity contribution in [2.75, 3.05) is 40.9 Å². The molecular weight excluding hydrogens is 948 g/mol. The highest BCUT2D eigenvalue weighted by molar-refractivity contribution is 7.45. The maximum absolute atomic E-state index is 13.0. The summed E-state index contributed by atoms with van der Waals surface area (Å²) >= 11 is 0. The van der Waals surface area contributed by atoms with E-state index in [4.69, 9.17) is 9.05 Å². The summed E-state index contributed by atoms with van der Waals surface area (Å²) < 4.78 is 23.5. The van der Waals surface area contributed by atoms with Gasteiger partial charge in [0.05, 0.1) is 39.9 Å². The number of carbonyl (C=O) groups is 1. The lowest BCUT2D eigenvalue weighted by Crippen LogP contribution is -2.46. The highest BCUT2D eigenvalue weighted by atomic mass is 31.2. The number of hydrogen-bond acceptors (Lipinski definition) is 6. The van der Waals surface area contributed by atoms with Gasteiger partial charge in [-0.15, -0.1) is 0 Å². The minimum atomic E-state index is -4.58. The number of carbonyl (C=O) groups excluding carboxylic acids is 1. The van der Waals surface area contributed by atoms with Crippen LogP contribution in [0.1, 0.15) is 277 Å². The van der Waals surface area contributed by atoms with Gasteiger partial charge in [-0.25, -0.2) is 0 Å². The van der Waals surface area contributed by atoms with Crippen molar-refractivity contribution in [1.29, 1.82) is 0 Å². The Morgan fingerprint density at radius 3 is 1.19 bits per heavy atom. The summed E-state index contributed by atoms with van der Waals surface area (Å²) in [6, 6.07) is -0.810. The summed E-state index contributed by atoms with van der Waals surface area (Å²) in [6.45, 7) is 4.63. The maximum atomic E-state index is 13.0. The number of amides is 1. The van der Waals surface area contributed by atoms with Gasteiger partial charge in [-0.1, -0.05) is 285 Å². The van der Waals surface area contributed by atoms with Gasteiger partial charge < -0.3 is 28.8 Å². The lowest BCUT2D eigenvalue weighted by molar-refractivity contribution is -0.870. The van der Waals surface area contributed by atoms with Crippen LogP contribution in [0.3, 0.4) is 0 Å². The summed E-state index contributed by atoms with van der Waals surface area (Å²) in [5.41, 5.74) is 0. The normalized spacial score (nSPS) is 14.4. The van der Waals surface area contributed by atoms with E-state index in [1.807, 2.05) is 21.1 Å². The van der Waals surface area contributed by atoms with Crippen LogP contribution >= 0.6 is 7.82 Å². The van der Waals surface area contributed by atoms with Crippen LogP contribution in [0.25, 0.3) is 0 Å². The zero-order chi connectivity index (χ0) is 54.9. The van der Waals surface area contributed by atoms with Crippen LogP contribution in [-0.4, -0.2) is 68.5 Å². The molecule has 2 N–H and O–H groups in total. The van der Waals surface area contributed by atoms with E-state index in [2.05, 4.69) is 104 Å². The quantitative estimate of drug-likeness (QED) is 0.0272. The van der Waals surface area contributed by atoms with E-state index in [1.54, 1.807) is 0 Å². The number of likely N-dealkylation sites (N-methyl/N-ethyl adjacent to an activating group) is 1. The number of phosphoric acid groups is 1. The summed E-state index contributed by atoms with van der Waals surface area (Å²) in [6.07, 6.45) is 79.1. The molecule has 0 saturated heterocycles. The summed E-state index contributed by atoms with van der Waals surface area (Å²) in [5, 5.41) is 14.1. The molecule has 0 spiro atoms. The number of aliphatic hydroxyl groups is 1. The highest BCUT2D eigenvalue weighted by Gasteiger charge is 2.24. The van der Waals surface area contributed by atoms with E-state index in [-0.39, 0.29) is 19.1 Å². The molecule has 0 aromatic heterocycles. The molecule has 0 aromatic rings. The van der Waals surface area contributed by atoms with Crippen LogP contribution in [0.2, 0.25) is 0 Å². The van der Waals surface area contributed by atoms with Gasteiger partial charge in [0, 0.05) is 6.42 Å². The molecule has 0 heterocycles. The number of unbranched alkanes of at least 4 members (excludes halogenated alkanes) is 30. The summed E-state index contributed by atoms with van der Waals surface area (Å²) in [4.78, 5) is 25.6. The van der Waals surface area contributed by atoms with Gasteiger partial charge in [-0.05, 0) is 70.6 Å². The second-order valence-electron chi connectivity index (χ2n) is 22.4. The minimum Gasteiger partial charge on any atom is -0.756 e. The fraction of sp³-hybridized carbons (Fsp3) is 0.773. The second kappa shape index (κ2) is 56.4. The SMILES string of the molecule is CC/C=C\C/C=C\C/C=C\C/C=C\C/C=C\C/C=C\C/C=C\CCCCCCCCCCCC(=O)NC(COP(=O)([O-])OCC[N+](C)(C)C)C(O)CCCCCCCCCCCCCCCCCCCCCCCC. The molecule has 3 atom stereocenters. The molecule has 0 aliphatic carbocycles. The number of nitrogens with zero attached hydrogens (tertiary/aromatic N) is 1. The van der Waals surface area contributed by atoms with Crippen LogP contribution in [0.5, 0.6) is 0 Å². The van der Waals surface area contributed by atoms with Crippen LogP contribution < -0.4 is 10.2 Å². The summed E-state index contributed by atoms with van der Waals surface area (Å²) in [5.74, 6) is -0.171.